The van der Waals surface area contributed by atoms with Crippen LogP contribution in [0.2, 0.25) is 0 Å². The topological polar surface area (TPSA) is 21.6 Å². The fourth-order valence-corrected chi connectivity index (χ4v) is 1.40. The Morgan fingerprint density at radius 3 is 2.07 bits per heavy atom. The first-order valence-corrected chi connectivity index (χ1v) is 5.14. The predicted octanol–water partition coefficient (Wildman–Crippen LogP) is 3.35. The zero-order valence-corrected chi connectivity index (χ0v) is 10.2. The van der Waals surface area contributed by atoms with Crippen molar-refractivity contribution < 1.29 is 4.84 Å². The van der Waals surface area contributed by atoms with Gasteiger partial charge in [-0.2, -0.15) is 0 Å². The average molecular weight is 205 g/mol. The summed E-state index contributed by atoms with van der Waals surface area (Å²) in [5, 5.41) is 3.90. The molecule has 0 spiro atoms. The molecule has 0 aliphatic heterocycles. The van der Waals surface area contributed by atoms with Crippen molar-refractivity contribution in [3.05, 3.63) is 35.4 Å². The maximum Gasteiger partial charge on any atom is 0.106 e. The van der Waals surface area contributed by atoms with E-state index in [0.29, 0.717) is 0 Å². The molecule has 0 N–H and O–H groups in total. The van der Waals surface area contributed by atoms with Crippen LogP contribution in [0.5, 0.6) is 0 Å². The van der Waals surface area contributed by atoms with Crippen LogP contribution in [0.15, 0.2) is 29.4 Å². The van der Waals surface area contributed by atoms with Gasteiger partial charge >= 0.3 is 0 Å². The molecule has 0 unspecified atom stereocenters. The van der Waals surface area contributed by atoms with Gasteiger partial charge in [0.1, 0.15) is 7.11 Å². The molecule has 0 radical (unpaired) electrons. The lowest BCUT2D eigenvalue weighted by Crippen LogP contribution is -2.11. The summed E-state index contributed by atoms with van der Waals surface area (Å²) >= 11 is 0. The van der Waals surface area contributed by atoms with E-state index in [1.807, 2.05) is 6.92 Å². The second-order valence-corrected chi connectivity index (χ2v) is 4.69. The Bertz CT molecular complexity index is 344. The largest absolute Gasteiger partial charge is 0.399 e. The first-order valence-electron chi connectivity index (χ1n) is 5.14. The molecule has 0 aliphatic carbocycles. The smallest absolute Gasteiger partial charge is 0.106 e. The van der Waals surface area contributed by atoms with Gasteiger partial charge in [-0.05, 0) is 23.5 Å². The Morgan fingerprint density at radius 1 is 1.13 bits per heavy atom. The molecule has 15 heavy (non-hydrogen) atoms. The number of hydrogen-bond donors (Lipinski definition) is 0. The number of benzene rings is 1. The van der Waals surface area contributed by atoms with Gasteiger partial charge in [-0.1, -0.05) is 50.2 Å². The third-order valence-corrected chi connectivity index (χ3v) is 2.40. The lowest BCUT2D eigenvalue weighted by atomic mass is 9.86. The molecular weight excluding hydrogens is 186 g/mol. The normalized spacial score (nSPS) is 12.7. The van der Waals surface area contributed by atoms with Crippen LogP contribution in [-0.2, 0) is 10.3 Å². The van der Waals surface area contributed by atoms with Gasteiger partial charge < -0.3 is 4.84 Å². The summed E-state index contributed by atoms with van der Waals surface area (Å²) < 4.78 is 0. The molecule has 0 aromatic heterocycles. The first-order chi connectivity index (χ1) is 6.95. The average Bonchev–Trinajstić information content (AvgIpc) is 2.17. The minimum Gasteiger partial charge on any atom is -0.399 e. The predicted molar refractivity (Wildman–Crippen MR) is 64.4 cm³/mol. The maximum absolute atomic E-state index is 4.74. The summed E-state index contributed by atoms with van der Waals surface area (Å²) in [6.45, 7) is 8.56. The van der Waals surface area contributed by atoms with Crippen LogP contribution >= 0.6 is 0 Å². The van der Waals surface area contributed by atoms with Gasteiger partial charge in [-0.15, -0.1) is 0 Å². The van der Waals surface area contributed by atoms with Crippen LogP contribution in [0.1, 0.15) is 38.8 Å². The van der Waals surface area contributed by atoms with Crippen molar-refractivity contribution >= 4 is 5.71 Å². The molecule has 1 aromatic carbocycles. The summed E-state index contributed by atoms with van der Waals surface area (Å²) in [6.07, 6.45) is 0. The molecule has 0 amide bonds. The Labute approximate surface area is 91.9 Å². The first kappa shape index (κ1) is 11.8. The van der Waals surface area contributed by atoms with E-state index in [1.54, 1.807) is 7.11 Å². The van der Waals surface area contributed by atoms with Crippen molar-refractivity contribution in [2.75, 3.05) is 7.11 Å². The molecule has 0 aliphatic rings. The van der Waals surface area contributed by atoms with Crippen molar-refractivity contribution in [2.45, 2.75) is 33.1 Å². The Balaban J connectivity index is 2.96. The third kappa shape index (κ3) is 3.08. The molecule has 1 rings (SSSR count). The van der Waals surface area contributed by atoms with Gasteiger partial charge in [0.25, 0.3) is 0 Å². The minimum atomic E-state index is 0.199. The highest BCUT2D eigenvalue weighted by Gasteiger charge is 2.12. The van der Waals surface area contributed by atoms with Crippen LogP contribution < -0.4 is 0 Å². The maximum atomic E-state index is 4.74. The van der Waals surface area contributed by atoms with E-state index >= 15 is 0 Å². The van der Waals surface area contributed by atoms with Crippen LogP contribution in [0, 0.1) is 0 Å². The zero-order chi connectivity index (χ0) is 11.5. The molecule has 0 saturated heterocycles. The van der Waals surface area contributed by atoms with Crippen LogP contribution in [-0.4, -0.2) is 12.8 Å². The Kier molecular flexibility index (Phi) is 3.51. The van der Waals surface area contributed by atoms with Gasteiger partial charge in [-0.25, -0.2) is 0 Å². The summed E-state index contributed by atoms with van der Waals surface area (Å²) in [5.41, 5.74) is 3.53. The molecule has 2 heteroatoms. The summed E-state index contributed by atoms with van der Waals surface area (Å²) in [6, 6.07) is 8.45. The van der Waals surface area contributed by atoms with Crippen molar-refractivity contribution in [3.63, 3.8) is 0 Å². The number of nitrogens with zero attached hydrogens (tertiary/aromatic N) is 1. The van der Waals surface area contributed by atoms with E-state index in [4.69, 9.17) is 4.84 Å². The monoisotopic (exact) mass is 205 g/mol. The number of rotatable bonds is 2. The molecule has 0 heterocycles. The molecular formula is C13H19NO. The molecule has 0 fully saturated rings. The third-order valence-electron chi connectivity index (χ3n) is 2.40. The van der Waals surface area contributed by atoms with E-state index in [2.05, 4.69) is 50.2 Å². The van der Waals surface area contributed by atoms with E-state index in [-0.39, 0.29) is 5.41 Å². The summed E-state index contributed by atoms with van der Waals surface area (Å²) in [4.78, 5) is 4.74. The van der Waals surface area contributed by atoms with E-state index in [1.165, 1.54) is 5.56 Å². The fraction of sp³-hybridized carbons (Fsp3) is 0.462. The van der Waals surface area contributed by atoms with Crippen LogP contribution in [0.4, 0.5) is 0 Å². The lowest BCUT2D eigenvalue weighted by molar-refractivity contribution is 0.213. The Hall–Kier alpha value is -1.31. The SMILES string of the molecule is CO/N=C(\C)c1ccc(C(C)(C)C)cc1. The second kappa shape index (κ2) is 4.47. The molecule has 0 bridgehead atoms. The van der Waals surface area contributed by atoms with Gasteiger partial charge in [0.2, 0.25) is 0 Å². The number of hydrogen-bond acceptors (Lipinski definition) is 2. The standard InChI is InChI=1S/C13H19NO/c1-10(14-15-5)11-6-8-12(9-7-11)13(2,3)4/h6-9H,1-5H3/b14-10+. The highest BCUT2D eigenvalue weighted by molar-refractivity contribution is 5.98. The lowest BCUT2D eigenvalue weighted by Gasteiger charge is -2.19. The molecule has 2 nitrogen and oxygen atoms in total. The van der Waals surface area contributed by atoms with E-state index < -0.39 is 0 Å². The quantitative estimate of drug-likeness (QED) is 0.536. The van der Waals surface area contributed by atoms with E-state index in [9.17, 15) is 0 Å². The highest BCUT2D eigenvalue weighted by Crippen LogP contribution is 2.22. The molecule has 0 saturated carbocycles. The van der Waals surface area contributed by atoms with Gasteiger partial charge in [-0.3, -0.25) is 0 Å². The summed E-state index contributed by atoms with van der Waals surface area (Å²) in [5.74, 6) is 0. The van der Waals surface area contributed by atoms with Crippen LogP contribution in [0.3, 0.4) is 0 Å². The fourth-order valence-electron chi connectivity index (χ4n) is 1.40. The minimum absolute atomic E-state index is 0.199. The summed E-state index contributed by atoms with van der Waals surface area (Å²) in [7, 11) is 1.56. The van der Waals surface area contributed by atoms with Crippen molar-refractivity contribution in [2.24, 2.45) is 5.16 Å². The van der Waals surface area contributed by atoms with E-state index in [0.717, 1.165) is 11.3 Å². The van der Waals surface area contributed by atoms with Gasteiger partial charge in [0.05, 0.1) is 5.71 Å². The molecule has 0 atom stereocenters. The van der Waals surface area contributed by atoms with Crippen LogP contribution in [0.25, 0.3) is 0 Å². The van der Waals surface area contributed by atoms with Crippen molar-refractivity contribution in [3.8, 4) is 0 Å². The van der Waals surface area contributed by atoms with Gasteiger partial charge in [0.15, 0.2) is 0 Å². The van der Waals surface area contributed by atoms with Gasteiger partial charge in [0, 0.05) is 0 Å². The molecule has 82 valence electrons. The van der Waals surface area contributed by atoms with Crippen molar-refractivity contribution in [1.29, 1.82) is 0 Å². The molecule has 1 aromatic rings. The number of oxime groups is 1. The Morgan fingerprint density at radius 2 is 1.67 bits per heavy atom. The second-order valence-electron chi connectivity index (χ2n) is 4.69. The van der Waals surface area contributed by atoms with Crippen molar-refractivity contribution in [1.82, 2.24) is 0 Å². The highest BCUT2D eigenvalue weighted by atomic mass is 16.6. The zero-order valence-electron chi connectivity index (χ0n) is 10.2.